The van der Waals surface area contributed by atoms with Gasteiger partial charge in [-0.15, -0.1) is 0 Å². The van der Waals surface area contributed by atoms with Crippen LogP contribution in [0.5, 0.6) is 0 Å². The highest BCUT2D eigenvalue weighted by Gasteiger charge is 2.04. The summed E-state index contributed by atoms with van der Waals surface area (Å²) in [7, 11) is 3.53. The second-order valence-corrected chi connectivity index (χ2v) is 3.45. The van der Waals surface area contributed by atoms with Crippen molar-refractivity contribution in [1.82, 2.24) is 9.78 Å². The maximum Gasteiger partial charge on any atom is 0.0773 e. The summed E-state index contributed by atoms with van der Waals surface area (Å²) in [5.41, 5.74) is 1.20. The molecule has 0 fully saturated rings. The van der Waals surface area contributed by atoms with Crippen molar-refractivity contribution in [2.45, 2.75) is 25.4 Å². The first-order valence-electron chi connectivity index (χ1n) is 4.88. The fourth-order valence-corrected chi connectivity index (χ4v) is 1.44. The maximum atomic E-state index is 9.40. The van der Waals surface area contributed by atoms with E-state index in [-0.39, 0.29) is 6.10 Å². The van der Waals surface area contributed by atoms with Gasteiger partial charge in [-0.2, -0.15) is 5.10 Å². The Hall–Kier alpha value is -0.870. The van der Waals surface area contributed by atoms with Crippen molar-refractivity contribution in [3.05, 3.63) is 18.0 Å². The molecule has 1 aromatic rings. The molecular weight excluding hydrogens is 180 g/mol. The molecule has 0 saturated carbocycles. The van der Waals surface area contributed by atoms with Crippen LogP contribution in [0.25, 0.3) is 0 Å². The Labute approximate surface area is 84.5 Å². The van der Waals surface area contributed by atoms with Crippen molar-refractivity contribution in [2.24, 2.45) is 7.05 Å². The first-order chi connectivity index (χ1) is 6.74. The van der Waals surface area contributed by atoms with E-state index in [1.807, 2.05) is 17.8 Å². The summed E-state index contributed by atoms with van der Waals surface area (Å²) in [6.45, 7) is 0.422. The molecule has 0 spiro atoms. The molecule has 0 aromatic carbocycles. The molecule has 4 heteroatoms. The molecule has 0 radical (unpaired) electrons. The number of aryl methyl sites for hydroxylation is 2. The quantitative estimate of drug-likeness (QED) is 0.733. The smallest absolute Gasteiger partial charge is 0.0773 e. The lowest BCUT2D eigenvalue weighted by Crippen LogP contribution is -2.14. The number of nitrogens with zero attached hydrogens (tertiary/aromatic N) is 2. The Bertz CT molecular complexity index is 260. The van der Waals surface area contributed by atoms with E-state index in [9.17, 15) is 5.11 Å². The molecule has 80 valence electrons. The van der Waals surface area contributed by atoms with Crippen molar-refractivity contribution in [1.29, 1.82) is 0 Å². The van der Waals surface area contributed by atoms with E-state index in [0.717, 1.165) is 19.3 Å². The first-order valence-corrected chi connectivity index (χ1v) is 4.88. The van der Waals surface area contributed by atoms with Gasteiger partial charge < -0.3 is 9.84 Å². The van der Waals surface area contributed by atoms with Gasteiger partial charge in [0.25, 0.3) is 0 Å². The van der Waals surface area contributed by atoms with E-state index in [1.54, 1.807) is 13.3 Å². The van der Waals surface area contributed by atoms with Crippen LogP contribution >= 0.6 is 0 Å². The van der Waals surface area contributed by atoms with E-state index < -0.39 is 0 Å². The monoisotopic (exact) mass is 198 g/mol. The summed E-state index contributed by atoms with van der Waals surface area (Å²) in [6, 6.07) is 2.00. The van der Waals surface area contributed by atoms with Gasteiger partial charge in [0.15, 0.2) is 0 Å². The number of hydrogen-bond acceptors (Lipinski definition) is 3. The molecule has 0 aliphatic rings. The third-order valence-electron chi connectivity index (χ3n) is 2.25. The van der Waals surface area contributed by atoms with Crippen molar-refractivity contribution < 1.29 is 9.84 Å². The predicted octanol–water partition coefficient (Wildman–Crippen LogP) is 0.750. The predicted molar refractivity (Wildman–Crippen MR) is 54.0 cm³/mol. The molecule has 1 atom stereocenters. The fourth-order valence-electron chi connectivity index (χ4n) is 1.44. The molecule has 1 heterocycles. The summed E-state index contributed by atoms with van der Waals surface area (Å²) >= 11 is 0. The number of hydrogen-bond donors (Lipinski definition) is 1. The zero-order chi connectivity index (χ0) is 10.4. The summed E-state index contributed by atoms with van der Waals surface area (Å²) < 4.78 is 6.71. The number of methoxy groups -OCH3 is 1. The summed E-state index contributed by atoms with van der Waals surface area (Å²) in [5, 5.41) is 13.5. The van der Waals surface area contributed by atoms with Crippen LogP contribution in [0.2, 0.25) is 0 Å². The van der Waals surface area contributed by atoms with Crippen LogP contribution in [0.3, 0.4) is 0 Å². The normalized spacial score (nSPS) is 13.1. The molecule has 14 heavy (non-hydrogen) atoms. The zero-order valence-corrected chi connectivity index (χ0v) is 8.81. The van der Waals surface area contributed by atoms with E-state index in [1.165, 1.54) is 5.69 Å². The van der Waals surface area contributed by atoms with Gasteiger partial charge in [0.1, 0.15) is 0 Å². The van der Waals surface area contributed by atoms with Gasteiger partial charge in [0.05, 0.1) is 12.7 Å². The fraction of sp³-hybridized carbons (Fsp3) is 0.700. The van der Waals surface area contributed by atoms with Gasteiger partial charge in [-0.25, -0.2) is 0 Å². The summed E-state index contributed by atoms with van der Waals surface area (Å²) in [4.78, 5) is 0. The topological polar surface area (TPSA) is 47.3 Å². The first kappa shape index (κ1) is 11.2. The second kappa shape index (κ2) is 5.78. The molecule has 0 aliphatic carbocycles. The minimum Gasteiger partial charge on any atom is -0.391 e. The Morgan fingerprint density at radius 1 is 1.64 bits per heavy atom. The average molecular weight is 198 g/mol. The molecular formula is C10H18N2O2. The lowest BCUT2D eigenvalue weighted by molar-refractivity contribution is 0.0580. The standard InChI is InChI=1S/C10H18N2O2/c1-12-9(6-7-11-12)4-3-5-10(13)8-14-2/h6-7,10,13H,3-5,8H2,1-2H3. The van der Waals surface area contributed by atoms with E-state index in [0.29, 0.717) is 6.61 Å². The van der Waals surface area contributed by atoms with E-state index >= 15 is 0 Å². The molecule has 0 amide bonds. The lowest BCUT2D eigenvalue weighted by Gasteiger charge is -2.08. The van der Waals surface area contributed by atoms with Crippen molar-refractivity contribution in [2.75, 3.05) is 13.7 Å². The van der Waals surface area contributed by atoms with Crippen LogP contribution in [0.4, 0.5) is 0 Å². The highest BCUT2D eigenvalue weighted by atomic mass is 16.5. The Morgan fingerprint density at radius 2 is 2.43 bits per heavy atom. The van der Waals surface area contributed by atoms with Crippen molar-refractivity contribution in [3.8, 4) is 0 Å². The van der Waals surface area contributed by atoms with Crippen LogP contribution < -0.4 is 0 Å². The van der Waals surface area contributed by atoms with Gasteiger partial charge >= 0.3 is 0 Å². The van der Waals surface area contributed by atoms with Crippen LogP contribution in [0.1, 0.15) is 18.5 Å². The third kappa shape index (κ3) is 3.47. The van der Waals surface area contributed by atoms with Gasteiger partial charge in [0, 0.05) is 26.0 Å². The molecule has 1 N–H and O–H groups in total. The minimum atomic E-state index is -0.340. The highest BCUT2D eigenvalue weighted by molar-refractivity contribution is 4.99. The van der Waals surface area contributed by atoms with Crippen LogP contribution in [-0.4, -0.2) is 34.7 Å². The third-order valence-corrected chi connectivity index (χ3v) is 2.25. The van der Waals surface area contributed by atoms with Gasteiger partial charge in [-0.05, 0) is 25.3 Å². The summed E-state index contributed by atoms with van der Waals surface area (Å²) in [6.07, 6.45) is 4.15. The molecule has 1 rings (SSSR count). The second-order valence-electron chi connectivity index (χ2n) is 3.45. The minimum absolute atomic E-state index is 0.340. The summed E-state index contributed by atoms with van der Waals surface area (Å²) in [5.74, 6) is 0. The maximum absolute atomic E-state index is 9.40. The van der Waals surface area contributed by atoms with Gasteiger partial charge in [-0.1, -0.05) is 0 Å². The lowest BCUT2D eigenvalue weighted by atomic mass is 10.1. The van der Waals surface area contributed by atoms with Crippen LogP contribution in [0, 0.1) is 0 Å². The number of aliphatic hydroxyl groups is 1. The van der Waals surface area contributed by atoms with Crippen molar-refractivity contribution >= 4 is 0 Å². The number of aliphatic hydroxyl groups excluding tert-OH is 1. The van der Waals surface area contributed by atoms with Gasteiger partial charge in [0.2, 0.25) is 0 Å². The van der Waals surface area contributed by atoms with E-state index in [4.69, 9.17) is 4.74 Å². The number of aromatic nitrogens is 2. The number of ether oxygens (including phenoxy) is 1. The molecule has 0 bridgehead atoms. The van der Waals surface area contributed by atoms with Gasteiger partial charge in [-0.3, -0.25) is 4.68 Å². The van der Waals surface area contributed by atoms with Crippen molar-refractivity contribution in [3.63, 3.8) is 0 Å². The Kier molecular flexibility index (Phi) is 4.62. The molecule has 0 saturated heterocycles. The highest BCUT2D eigenvalue weighted by Crippen LogP contribution is 2.05. The zero-order valence-electron chi connectivity index (χ0n) is 8.81. The average Bonchev–Trinajstić information content (AvgIpc) is 2.52. The molecule has 4 nitrogen and oxygen atoms in total. The molecule has 1 aromatic heterocycles. The molecule has 0 aliphatic heterocycles. The Balaban J connectivity index is 2.19. The largest absolute Gasteiger partial charge is 0.391 e. The van der Waals surface area contributed by atoms with Crippen LogP contribution in [0.15, 0.2) is 12.3 Å². The number of rotatable bonds is 6. The van der Waals surface area contributed by atoms with E-state index in [2.05, 4.69) is 5.10 Å². The SMILES string of the molecule is COCC(O)CCCc1ccnn1C. The Morgan fingerprint density at radius 3 is 3.00 bits per heavy atom. The molecule has 1 unspecified atom stereocenters. The van der Waals surface area contributed by atoms with Crippen LogP contribution in [-0.2, 0) is 18.2 Å².